The Bertz CT molecular complexity index is 641. The van der Waals surface area contributed by atoms with Gasteiger partial charge in [0.15, 0.2) is 6.40 Å². The minimum Gasteiger partial charge on any atom is -0.446 e. The molecule has 0 aliphatic heterocycles. The number of rotatable bonds is 5. The predicted molar refractivity (Wildman–Crippen MR) is 90.8 cm³/mol. The van der Waals surface area contributed by atoms with Crippen LogP contribution < -0.4 is 9.64 Å². The van der Waals surface area contributed by atoms with E-state index in [0.717, 1.165) is 22.7 Å². The number of aliphatic imine (C=N–C) groups is 1. The molecule has 0 fully saturated rings. The number of aromatic nitrogens is 1. The summed E-state index contributed by atoms with van der Waals surface area (Å²) in [5, 5.41) is 0. The molecular weight excluding hydrogens is 282 g/mol. The van der Waals surface area contributed by atoms with E-state index in [4.69, 9.17) is 4.74 Å². The van der Waals surface area contributed by atoms with Crippen LogP contribution in [-0.4, -0.2) is 38.8 Å². The van der Waals surface area contributed by atoms with Crippen LogP contribution in [0.15, 0.2) is 46.4 Å². The van der Waals surface area contributed by atoms with Crippen LogP contribution in [0.25, 0.3) is 11.3 Å². The van der Waals surface area contributed by atoms with E-state index < -0.39 is 0 Å². The summed E-state index contributed by atoms with van der Waals surface area (Å²) in [6.45, 7) is 0. The van der Waals surface area contributed by atoms with Crippen LogP contribution >= 0.6 is 11.8 Å². The van der Waals surface area contributed by atoms with Crippen LogP contribution in [0.4, 0.5) is 5.69 Å². The Morgan fingerprint density at radius 3 is 2.71 bits per heavy atom. The highest BCUT2D eigenvalue weighted by molar-refractivity contribution is 7.98. The molecule has 0 saturated carbocycles. The summed E-state index contributed by atoms with van der Waals surface area (Å²) in [7, 11) is 5.70. The molecule has 1 aromatic heterocycles. The van der Waals surface area contributed by atoms with Crippen molar-refractivity contribution in [2.45, 2.75) is 4.90 Å². The van der Waals surface area contributed by atoms with Crippen molar-refractivity contribution < 1.29 is 4.74 Å². The number of pyridine rings is 1. The van der Waals surface area contributed by atoms with Crippen molar-refractivity contribution >= 4 is 23.8 Å². The maximum atomic E-state index is 5.44. The average molecular weight is 301 g/mol. The lowest BCUT2D eigenvalue weighted by Gasteiger charge is -2.18. The van der Waals surface area contributed by atoms with Gasteiger partial charge in [-0.2, -0.15) is 0 Å². The van der Waals surface area contributed by atoms with E-state index in [0.29, 0.717) is 0 Å². The van der Waals surface area contributed by atoms with E-state index in [-0.39, 0.29) is 0 Å². The smallest absolute Gasteiger partial charge is 0.176 e. The molecule has 0 spiro atoms. The molecule has 1 heterocycles. The average Bonchev–Trinajstić information content (AvgIpc) is 2.52. The summed E-state index contributed by atoms with van der Waals surface area (Å²) in [5.41, 5.74) is 3.10. The first kappa shape index (κ1) is 15.4. The normalized spacial score (nSPS) is 10.9. The van der Waals surface area contributed by atoms with Gasteiger partial charge >= 0.3 is 0 Å². The summed E-state index contributed by atoms with van der Waals surface area (Å²) in [5.74, 6) is 0.758. The van der Waals surface area contributed by atoms with Crippen LogP contribution in [0.3, 0.4) is 0 Å². The zero-order chi connectivity index (χ0) is 15.2. The van der Waals surface area contributed by atoms with Gasteiger partial charge in [0.25, 0.3) is 0 Å². The van der Waals surface area contributed by atoms with Crippen LogP contribution in [0.1, 0.15) is 0 Å². The van der Waals surface area contributed by atoms with Crippen molar-refractivity contribution in [3.63, 3.8) is 0 Å². The third-order valence-electron chi connectivity index (χ3n) is 2.99. The molecule has 21 heavy (non-hydrogen) atoms. The minimum atomic E-state index is 0.758. The van der Waals surface area contributed by atoms with E-state index in [2.05, 4.69) is 27.2 Å². The molecular formula is C16H19N3OS. The molecule has 110 valence electrons. The van der Waals surface area contributed by atoms with Gasteiger partial charge in [-0.05, 0) is 30.5 Å². The van der Waals surface area contributed by atoms with Crippen LogP contribution in [0.2, 0.25) is 0 Å². The standard InChI is InChI=1S/C16H19N3OS/c1-17-11-20-12-5-6-14(16(9-12)19(2)3)15-10-13(21-4)7-8-18-15/h5-11H,1-4H3. The summed E-state index contributed by atoms with van der Waals surface area (Å²) < 4.78 is 5.44. The van der Waals surface area contributed by atoms with Gasteiger partial charge in [0.2, 0.25) is 0 Å². The molecule has 0 saturated heterocycles. The fourth-order valence-electron chi connectivity index (χ4n) is 1.97. The monoisotopic (exact) mass is 301 g/mol. The Morgan fingerprint density at radius 2 is 2.05 bits per heavy atom. The molecule has 0 aliphatic rings. The predicted octanol–water partition coefficient (Wildman–Crippen LogP) is 3.57. The SMILES string of the molecule is CN=COc1ccc(-c2cc(SC)ccn2)c(N(C)C)c1. The van der Waals surface area contributed by atoms with Gasteiger partial charge in [-0.15, -0.1) is 11.8 Å². The summed E-state index contributed by atoms with van der Waals surface area (Å²) in [6.07, 6.45) is 5.34. The number of hydrogen-bond donors (Lipinski definition) is 0. The topological polar surface area (TPSA) is 37.7 Å². The Labute approximate surface area is 129 Å². The van der Waals surface area contributed by atoms with E-state index >= 15 is 0 Å². The molecule has 2 rings (SSSR count). The molecule has 4 nitrogen and oxygen atoms in total. The van der Waals surface area contributed by atoms with Crippen LogP contribution in [0.5, 0.6) is 5.75 Å². The third-order valence-corrected chi connectivity index (χ3v) is 3.71. The lowest BCUT2D eigenvalue weighted by Crippen LogP contribution is -2.10. The molecule has 0 aliphatic carbocycles. The molecule has 0 bridgehead atoms. The molecule has 0 unspecified atom stereocenters. The molecule has 1 aromatic carbocycles. The first-order chi connectivity index (χ1) is 10.2. The van der Waals surface area contributed by atoms with Crippen molar-refractivity contribution in [3.05, 3.63) is 36.5 Å². The van der Waals surface area contributed by atoms with Gasteiger partial charge in [0.05, 0.1) is 5.69 Å². The molecule has 0 amide bonds. The van der Waals surface area contributed by atoms with Crippen LogP contribution in [-0.2, 0) is 0 Å². The highest BCUT2D eigenvalue weighted by Gasteiger charge is 2.10. The third kappa shape index (κ3) is 3.76. The highest BCUT2D eigenvalue weighted by atomic mass is 32.2. The van der Waals surface area contributed by atoms with Gasteiger partial charge in [-0.3, -0.25) is 9.98 Å². The van der Waals surface area contributed by atoms with Gasteiger partial charge < -0.3 is 9.64 Å². The second kappa shape index (κ2) is 7.13. The fourth-order valence-corrected chi connectivity index (χ4v) is 2.40. The largest absolute Gasteiger partial charge is 0.446 e. The highest BCUT2D eigenvalue weighted by Crippen LogP contribution is 2.33. The molecule has 0 atom stereocenters. The van der Waals surface area contributed by atoms with E-state index in [1.165, 1.54) is 11.3 Å². The second-order valence-electron chi connectivity index (χ2n) is 4.64. The Kier molecular flexibility index (Phi) is 5.22. The van der Waals surface area contributed by atoms with Crippen molar-refractivity contribution in [1.29, 1.82) is 0 Å². The first-order valence-electron chi connectivity index (χ1n) is 6.54. The number of nitrogens with zero attached hydrogens (tertiary/aromatic N) is 3. The van der Waals surface area contributed by atoms with Crippen molar-refractivity contribution in [3.8, 4) is 17.0 Å². The quantitative estimate of drug-likeness (QED) is 0.481. The van der Waals surface area contributed by atoms with Crippen molar-refractivity contribution in [2.24, 2.45) is 4.99 Å². The molecule has 5 heteroatoms. The van der Waals surface area contributed by atoms with E-state index in [9.17, 15) is 0 Å². The zero-order valence-corrected chi connectivity index (χ0v) is 13.5. The number of ether oxygens (including phenoxy) is 1. The van der Waals surface area contributed by atoms with Gasteiger partial charge in [-0.25, -0.2) is 0 Å². The van der Waals surface area contributed by atoms with E-state index in [1.807, 2.05) is 44.6 Å². The summed E-state index contributed by atoms with van der Waals surface area (Å²) in [6, 6.07) is 10.1. The molecule has 0 radical (unpaired) electrons. The van der Waals surface area contributed by atoms with Crippen molar-refractivity contribution in [1.82, 2.24) is 4.98 Å². The number of benzene rings is 1. The first-order valence-corrected chi connectivity index (χ1v) is 7.77. The number of thioether (sulfide) groups is 1. The van der Waals surface area contributed by atoms with Gasteiger partial charge in [0, 0.05) is 49.6 Å². The summed E-state index contributed by atoms with van der Waals surface area (Å²) in [4.78, 5) is 11.6. The Balaban J connectivity index is 2.46. The van der Waals surface area contributed by atoms with Gasteiger partial charge in [-0.1, -0.05) is 0 Å². The maximum Gasteiger partial charge on any atom is 0.176 e. The molecule has 0 N–H and O–H groups in total. The van der Waals surface area contributed by atoms with Gasteiger partial charge in [0.1, 0.15) is 5.75 Å². The second-order valence-corrected chi connectivity index (χ2v) is 5.52. The number of hydrogen-bond acceptors (Lipinski definition) is 5. The molecule has 2 aromatic rings. The Hall–Kier alpha value is -2.01. The maximum absolute atomic E-state index is 5.44. The summed E-state index contributed by atoms with van der Waals surface area (Å²) >= 11 is 1.71. The van der Waals surface area contributed by atoms with Crippen molar-refractivity contribution in [2.75, 3.05) is 32.3 Å². The van der Waals surface area contributed by atoms with Crippen LogP contribution in [0, 0.1) is 0 Å². The number of anilines is 1. The lowest BCUT2D eigenvalue weighted by atomic mass is 10.1. The fraction of sp³-hybridized carbons (Fsp3) is 0.250. The Morgan fingerprint density at radius 1 is 1.24 bits per heavy atom. The van der Waals surface area contributed by atoms with E-state index in [1.54, 1.807) is 18.8 Å². The minimum absolute atomic E-state index is 0.758. The zero-order valence-electron chi connectivity index (χ0n) is 12.7. The lowest BCUT2D eigenvalue weighted by molar-refractivity contribution is 0.573.